The molecule has 0 spiro atoms. The molecule has 0 heterocycles. The molecular weight excluding hydrogens is 428 g/mol. The highest BCUT2D eigenvalue weighted by molar-refractivity contribution is 5.74. The standard InChI is InChI=1S/C22H26N2O7.C2H6.H2/c1-22(2,3)31-20(26)24-13-12-19(25)29-17-8-4-15(5-9-17)14-28-21(27)30-18-10-6-16(23)7-11-18;1-2;/h4-11H,12-14,23H2,1-3H3,(H,24,26);1-2H3;1H. The number of esters is 1. The van der Waals surface area contributed by atoms with Crippen LogP contribution in [-0.2, 0) is 20.9 Å². The van der Waals surface area contributed by atoms with E-state index in [2.05, 4.69) is 5.32 Å². The summed E-state index contributed by atoms with van der Waals surface area (Å²) in [7, 11) is 0. The van der Waals surface area contributed by atoms with Gasteiger partial charge in [0.2, 0.25) is 0 Å². The monoisotopic (exact) mass is 462 g/mol. The van der Waals surface area contributed by atoms with Gasteiger partial charge >= 0.3 is 18.2 Å². The largest absolute Gasteiger partial charge is 0.514 e. The third kappa shape index (κ3) is 12.0. The summed E-state index contributed by atoms with van der Waals surface area (Å²) in [6.07, 6.45) is -1.46. The van der Waals surface area contributed by atoms with Crippen LogP contribution in [0.4, 0.5) is 15.3 Å². The van der Waals surface area contributed by atoms with Crippen LogP contribution in [0.2, 0.25) is 0 Å². The molecule has 0 saturated carbocycles. The van der Waals surface area contributed by atoms with Crippen LogP contribution in [0.25, 0.3) is 0 Å². The summed E-state index contributed by atoms with van der Waals surface area (Å²) in [5.74, 6) is 0.144. The lowest BCUT2D eigenvalue weighted by Crippen LogP contribution is -2.34. The van der Waals surface area contributed by atoms with Gasteiger partial charge in [-0.05, 0) is 62.7 Å². The molecule has 0 aliphatic carbocycles. The molecule has 2 aromatic rings. The van der Waals surface area contributed by atoms with Crippen LogP contribution in [0.15, 0.2) is 48.5 Å². The topological polar surface area (TPSA) is 126 Å². The van der Waals surface area contributed by atoms with E-state index in [-0.39, 0.29) is 21.0 Å². The van der Waals surface area contributed by atoms with Crippen molar-refractivity contribution in [1.29, 1.82) is 0 Å². The van der Waals surface area contributed by atoms with Crippen molar-refractivity contribution in [1.82, 2.24) is 5.32 Å². The number of nitrogens with two attached hydrogens (primary N) is 1. The van der Waals surface area contributed by atoms with Crippen molar-refractivity contribution in [3.8, 4) is 11.5 Å². The van der Waals surface area contributed by atoms with Crippen molar-refractivity contribution in [2.75, 3.05) is 12.3 Å². The zero-order valence-electron chi connectivity index (χ0n) is 19.7. The first-order valence-corrected chi connectivity index (χ1v) is 10.6. The van der Waals surface area contributed by atoms with Crippen molar-refractivity contribution >= 4 is 23.9 Å². The second-order valence-corrected chi connectivity index (χ2v) is 7.51. The molecule has 0 aromatic heterocycles. The summed E-state index contributed by atoms with van der Waals surface area (Å²) in [4.78, 5) is 35.1. The summed E-state index contributed by atoms with van der Waals surface area (Å²) < 4.78 is 20.3. The molecule has 9 heteroatoms. The molecule has 0 radical (unpaired) electrons. The van der Waals surface area contributed by atoms with Crippen molar-refractivity contribution in [3.63, 3.8) is 0 Å². The molecule has 0 saturated heterocycles. The number of amides is 1. The van der Waals surface area contributed by atoms with Crippen LogP contribution in [0.3, 0.4) is 0 Å². The fourth-order valence-electron chi connectivity index (χ4n) is 2.22. The lowest BCUT2D eigenvalue weighted by Gasteiger charge is -2.19. The second kappa shape index (κ2) is 13.6. The van der Waals surface area contributed by atoms with E-state index in [1.807, 2.05) is 13.8 Å². The van der Waals surface area contributed by atoms with E-state index in [0.29, 0.717) is 22.7 Å². The zero-order chi connectivity index (χ0) is 24.9. The van der Waals surface area contributed by atoms with Crippen molar-refractivity contribution in [3.05, 3.63) is 54.1 Å². The Bertz CT molecular complexity index is 895. The predicted octanol–water partition coefficient (Wildman–Crippen LogP) is 5.08. The minimum absolute atomic E-state index is 0. The van der Waals surface area contributed by atoms with E-state index < -0.39 is 23.8 Å². The van der Waals surface area contributed by atoms with Crippen molar-refractivity contribution in [2.45, 2.75) is 53.2 Å². The summed E-state index contributed by atoms with van der Waals surface area (Å²) in [6.45, 7) is 9.33. The minimum Gasteiger partial charge on any atom is -0.444 e. The van der Waals surface area contributed by atoms with Gasteiger partial charge in [0.15, 0.2) is 0 Å². The van der Waals surface area contributed by atoms with E-state index in [1.54, 1.807) is 69.3 Å². The number of ether oxygens (including phenoxy) is 4. The fraction of sp³-hybridized carbons (Fsp3) is 0.375. The molecule has 182 valence electrons. The molecule has 0 fully saturated rings. The van der Waals surface area contributed by atoms with Gasteiger partial charge in [-0.3, -0.25) is 4.79 Å². The lowest BCUT2D eigenvalue weighted by atomic mass is 10.2. The van der Waals surface area contributed by atoms with Gasteiger partial charge < -0.3 is 30.0 Å². The number of hydrogen-bond donors (Lipinski definition) is 2. The molecule has 9 nitrogen and oxygen atoms in total. The number of benzene rings is 2. The Hall–Kier alpha value is -3.75. The highest BCUT2D eigenvalue weighted by Gasteiger charge is 2.16. The molecule has 0 aliphatic rings. The van der Waals surface area contributed by atoms with Crippen LogP contribution in [0, 0.1) is 0 Å². The minimum atomic E-state index is -0.849. The van der Waals surface area contributed by atoms with Crippen LogP contribution >= 0.6 is 0 Å². The highest BCUT2D eigenvalue weighted by Crippen LogP contribution is 2.16. The first-order valence-electron chi connectivity index (χ1n) is 10.6. The van der Waals surface area contributed by atoms with Gasteiger partial charge in [0, 0.05) is 13.7 Å². The average Bonchev–Trinajstić information content (AvgIpc) is 2.75. The van der Waals surface area contributed by atoms with E-state index in [4.69, 9.17) is 24.7 Å². The SMILES string of the molecule is CC.CC(C)(C)OC(=O)NCCC(=O)Oc1ccc(COC(=O)Oc2ccc(N)cc2)cc1.[HH]. The van der Waals surface area contributed by atoms with Crippen LogP contribution < -0.4 is 20.5 Å². The number of alkyl carbamates (subject to hydrolysis) is 1. The van der Waals surface area contributed by atoms with Crippen molar-refractivity contribution in [2.24, 2.45) is 0 Å². The Kier molecular flexibility index (Phi) is 11.3. The van der Waals surface area contributed by atoms with Gasteiger partial charge in [-0.1, -0.05) is 26.0 Å². The Balaban J connectivity index is 0.00000353. The molecule has 0 aliphatic heterocycles. The maximum atomic E-state index is 11.9. The molecular formula is C24H34N2O7. The first kappa shape index (κ1) is 27.3. The Morgan fingerprint density at radius 1 is 0.909 bits per heavy atom. The van der Waals surface area contributed by atoms with E-state index in [0.717, 1.165) is 0 Å². The molecule has 2 rings (SSSR count). The van der Waals surface area contributed by atoms with E-state index in [9.17, 15) is 14.4 Å². The highest BCUT2D eigenvalue weighted by atomic mass is 16.7. The molecule has 0 unspecified atom stereocenters. The van der Waals surface area contributed by atoms with Gasteiger partial charge in [0.05, 0.1) is 6.42 Å². The van der Waals surface area contributed by atoms with Crippen molar-refractivity contribution < 1.29 is 34.8 Å². The van der Waals surface area contributed by atoms with E-state index >= 15 is 0 Å². The molecule has 0 atom stereocenters. The maximum absolute atomic E-state index is 11.9. The molecule has 3 N–H and O–H groups in total. The van der Waals surface area contributed by atoms with Gasteiger partial charge in [0.1, 0.15) is 23.7 Å². The molecule has 1 amide bonds. The molecule has 33 heavy (non-hydrogen) atoms. The fourth-order valence-corrected chi connectivity index (χ4v) is 2.22. The van der Waals surface area contributed by atoms with Gasteiger partial charge in [0.25, 0.3) is 0 Å². The number of rotatable bonds is 7. The second-order valence-electron chi connectivity index (χ2n) is 7.51. The predicted molar refractivity (Wildman–Crippen MR) is 126 cm³/mol. The van der Waals surface area contributed by atoms with E-state index in [1.165, 1.54) is 0 Å². The Labute approximate surface area is 195 Å². The number of carbonyl (C=O) groups excluding carboxylic acids is 3. The average molecular weight is 463 g/mol. The third-order valence-electron chi connectivity index (χ3n) is 3.59. The summed E-state index contributed by atoms with van der Waals surface area (Å²) in [6, 6.07) is 12.8. The van der Waals surface area contributed by atoms with Crippen LogP contribution in [0.5, 0.6) is 11.5 Å². The first-order chi connectivity index (χ1) is 15.6. The number of anilines is 1. The van der Waals surface area contributed by atoms with Crippen LogP contribution in [-0.4, -0.2) is 30.4 Å². The summed E-state index contributed by atoms with van der Waals surface area (Å²) in [5.41, 5.74) is 6.19. The zero-order valence-corrected chi connectivity index (χ0v) is 19.7. The molecule has 2 aromatic carbocycles. The summed E-state index contributed by atoms with van der Waals surface area (Å²) in [5, 5.41) is 2.48. The third-order valence-corrected chi connectivity index (χ3v) is 3.59. The Morgan fingerprint density at radius 2 is 1.45 bits per heavy atom. The van der Waals surface area contributed by atoms with Gasteiger partial charge in [-0.15, -0.1) is 0 Å². The normalized spacial score (nSPS) is 10.2. The van der Waals surface area contributed by atoms with Gasteiger partial charge in [-0.25, -0.2) is 9.59 Å². The Morgan fingerprint density at radius 3 is 2.03 bits per heavy atom. The lowest BCUT2D eigenvalue weighted by molar-refractivity contribution is -0.134. The number of carbonyl (C=O) groups is 3. The van der Waals surface area contributed by atoms with Crippen LogP contribution in [0.1, 0.15) is 48.0 Å². The molecule has 0 bridgehead atoms. The smallest absolute Gasteiger partial charge is 0.444 e. The van der Waals surface area contributed by atoms with Gasteiger partial charge in [-0.2, -0.15) is 0 Å². The number of nitrogen functional groups attached to an aromatic ring is 1. The maximum Gasteiger partial charge on any atom is 0.514 e. The number of nitrogens with one attached hydrogen (secondary N) is 1. The quantitative estimate of drug-likeness (QED) is 0.253. The number of hydrogen-bond acceptors (Lipinski definition) is 8. The summed E-state index contributed by atoms with van der Waals surface area (Å²) >= 11 is 0.